The lowest BCUT2D eigenvalue weighted by Crippen LogP contribution is -2.32. The van der Waals surface area contributed by atoms with Crippen LogP contribution in [0.15, 0.2) is 18.2 Å². The van der Waals surface area contributed by atoms with E-state index >= 15 is 0 Å². The zero-order valence-electron chi connectivity index (χ0n) is 9.42. The molecule has 1 fully saturated rings. The van der Waals surface area contributed by atoms with Gasteiger partial charge in [-0.25, -0.2) is 0 Å². The van der Waals surface area contributed by atoms with E-state index in [1.54, 1.807) is 0 Å². The third-order valence-electron chi connectivity index (χ3n) is 3.23. The van der Waals surface area contributed by atoms with Crippen molar-refractivity contribution >= 4 is 0 Å². The Bertz CT molecular complexity index is 331. The molecule has 82 valence electrons. The van der Waals surface area contributed by atoms with Gasteiger partial charge in [-0.2, -0.15) is 0 Å². The van der Waals surface area contributed by atoms with Crippen molar-refractivity contribution in [2.24, 2.45) is 0 Å². The summed E-state index contributed by atoms with van der Waals surface area (Å²) in [6.45, 7) is 5.35. The molecule has 0 aliphatic carbocycles. The van der Waals surface area contributed by atoms with Crippen LogP contribution in [0.5, 0.6) is 0 Å². The Hall–Kier alpha value is -0.860. The van der Waals surface area contributed by atoms with E-state index in [0.29, 0.717) is 19.6 Å². The molecule has 0 aromatic heterocycles. The minimum atomic E-state index is -0.642. The van der Waals surface area contributed by atoms with Crippen LogP contribution in [0.3, 0.4) is 0 Å². The quantitative estimate of drug-likeness (QED) is 0.802. The maximum absolute atomic E-state index is 10.3. The highest BCUT2D eigenvalue weighted by Gasteiger charge is 2.33. The molecule has 1 N–H and O–H groups in total. The molecule has 15 heavy (non-hydrogen) atoms. The number of aliphatic hydroxyl groups is 1. The molecule has 0 saturated carbocycles. The second kappa shape index (κ2) is 3.95. The molecule has 1 unspecified atom stereocenters. The fraction of sp³-hybridized carbons (Fsp3) is 0.538. The van der Waals surface area contributed by atoms with Gasteiger partial charge in [0, 0.05) is 19.4 Å². The maximum Gasteiger partial charge on any atom is 0.0942 e. The normalized spacial score (nSPS) is 25.8. The Balaban J connectivity index is 2.23. The van der Waals surface area contributed by atoms with E-state index in [-0.39, 0.29) is 0 Å². The fourth-order valence-electron chi connectivity index (χ4n) is 2.19. The van der Waals surface area contributed by atoms with Crippen molar-refractivity contribution in [3.05, 3.63) is 34.9 Å². The molecule has 1 aliphatic heterocycles. The Morgan fingerprint density at radius 3 is 2.53 bits per heavy atom. The zero-order chi connectivity index (χ0) is 10.9. The molecule has 0 spiro atoms. The Kier molecular flexibility index (Phi) is 2.81. The maximum atomic E-state index is 10.3. The summed E-state index contributed by atoms with van der Waals surface area (Å²) in [5.74, 6) is 0. The predicted octanol–water partition coefficient (Wildman–Crippen LogP) is 2.00. The lowest BCUT2D eigenvalue weighted by Gasteiger charge is -2.22. The van der Waals surface area contributed by atoms with Gasteiger partial charge < -0.3 is 9.84 Å². The average molecular weight is 206 g/mol. The Morgan fingerprint density at radius 1 is 1.33 bits per heavy atom. The lowest BCUT2D eigenvalue weighted by molar-refractivity contribution is 0.0268. The van der Waals surface area contributed by atoms with Crippen LogP contribution in [0.25, 0.3) is 0 Å². The van der Waals surface area contributed by atoms with Gasteiger partial charge in [-0.1, -0.05) is 18.2 Å². The largest absolute Gasteiger partial charge is 0.387 e. The second-order valence-corrected chi connectivity index (χ2v) is 4.57. The monoisotopic (exact) mass is 206 g/mol. The predicted molar refractivity (Wildman–Crippen MR) is 60.0 cm³/mol. The first-order chi connectivity index (χ1) is 7.11. The molecule has 0 radical (unpaired) electrons. The van der Waals surface area contributed by atoms with Gasteiger partial charge in [0.25, 0.3) is 0 Å². The van der Waals surface area contributed by atoms with Gasteiger partial charge in [-0.3, -0.25) is 0 Å². The summed E-state index contributed by atoms with van der Waals surface area (Å²) in [4.78, 5) is 0. The van der Waals surface area contributed by atoms with E-state index < -0.39 is 5.60 Å². The highest BCUT2D eigenvalue weighted by Crippen LogP contribution is 2.26. The first-order valence-electron chi connectivity index (χ1n) is 5.46. The molecule has 0 bridgehead atoms. The molecule has 1 aliphatic rings. The molecule has 1 heterocycles. The second-order valence-electron chi connectivity index (χ2n) is 4.57. The number of hydrogen-bond donors (Lipinski definition) is 1. The molecule has 0 amide bonds. The first kappa shape index (κ1) is 10.7. The van der Waals surface area contributed by atoms with E-state index in [0.717, 1.165) is 6.42 Å². The van der Waals surface area contributed by atoms with Crippen LogP contribution in [0.4, 0.5) is 0 Å². The lowest BCUT2D eigenvalue weighted by atomic mass is 9.89. The molecule has 2 nitrogen and oxygen atoms in total. The highest BCUT2D eigenvalue weighted by molar-refractivity contribution is 5.34. The summed E-state index contributed by atoms with van der Waals surface area (Å²) < 4.78 is 5.26. The van der Waals surface area contributed by atoms with Gasteiger partial charge in [0.15, 0.2) is 0 Å². The van der Waals surface area contributed by atoms with Crippen LogP contribution in [0.2, 0.25) is 0 Å². The summed E-state index contributed by atoms with van der Waals surface area (Å²) in [6.07, 6.45) is 1.46. The van der Waals surface area contributed by atoms with Crippen molar-refractivity contribution in [3.63, 3.8) is 0 Å². The molecular weight excluding hydrogens is 188 g/mol. The fourth-order valence-corrected chi connectivity index (χ4v) is 2.19. The van der Waals surface area contributed by atoms with Crippen LogP contribution < -0.4 is 0 Å². The third-order valence-corrected chi connectivity index (χ3v) is 3.23. The summed E-state index contributed by atoms with van der Waals surface area (Å²) in [6, 6.07) is 6.26. The topological polar surface area (TPSA) is 29.5 Å². The van der Waals surface area contributed by atoms with E-state index in [9.17, 15) is 5.11 Å². The smallest absolute Gasteiger partial charge is 0.0942 e. The summed E-state index contributed by atoms with van der Waals surface area (Å²) in [7, 11) is 0. The molecular formula is C13H18O2. The summed E-state index contributed by atoms with van der Waals surface area (Å²) in [5.41, 5.74) is 3.15. The van der Waals surface area contributed by atoms with Crippen LogP contribution >= 0.6 is 0 Å². The van der Waals surface area contributed by atoms with Crippen LogP contribution in [0, 0.1) is 13.8 Å². The Labute approximate surface area is 90.9 Å². The third kappa shape index (κ3) is 2.21. The van der Waals surface area contributed by atoms with Crippen LogP contribution in [0.1, 0.15) is 23.1 Å². The van der Waals surface area contributed by atoms with Crippen LogP contribution in [-0.2, 0) is 11.2 Å². The van der Waals surface area contributed by atoms with Gasteiger partial charge in [0.05, 0.1) is 12.2 Å². The molecule has 1 aromatic carbocycles. The van der Waals surface area contributed by atoms with Crippen molar-refractivity contribution in [2.75, 3.05) is 13.2 Å². The van der Waals surface area contributed by atoms with E-state index in [4.69, 9.17) is 4.74 Å². The first-order valence-corrected chi connectivity index (χ1v) is 5.46. The number of ether oxygens (including phenoxy) is 1. The summed E-state index contributed by atoms with van der Waals surface area (Å²) in [5, 5.41) is 10.3. The minimum Gasteiger partial charge on any atom is -0.387 e. The Morgan fingerprint density at radius 2 is 2.00 bits per heavy atom. The molecule has 1 atom stereocenters. The molecule has 1 saturated heterocycles. The van der Waals surface area contributed by atoms with Gasteiger partial charge in [-0.05, 0) is 30.5 Å². The van der Waals surface area contributed by atoms with Gasteiger partial charge in [0.2, 0.25) is 0 Å². The van der Waals surface area contributed by atoms with E-state index in [1.807, 2.05) is 0 Å². The van der Waals surface area contributed by atoms with Crippen molar-refractivity contribution in [1.82, 2.24) is 0 Å². The van der Waals surface area contributed by atoms with E-state index in [1.165, 1.54) is 16.7 Å². The van der Waals surface area contributed by atoms with Crippen molar-refractivity contribution in [2.45, 2.75) is 32.3 Å². The number of rotatable bonds is 2. The number of aryl methyl sites for hydroxylation is 2. The molecule has 2 rings (SSSR count). The SMILES string of the molecule is Cc1cccc(C)c1CC1(O)CCOC1. The van der Waals surface area contributed by atoms with Gasteiger partial charge in [0.1, 0.15) is 0 Å². The van der Waals surface area contributed by atoms with Crippen molar-refractivity contribution in [1.29, 1.82) is 0 Å². The minimum absolute atomic E-state index is 0.473. The number of hydrogen-bond acceptors (Lipinski definition) is 2. The summed E-state index contributed by atoms with van der Waals surface area (Å²) >= 11 is 0. The average Bonchev–Trinajstić information content (AvgIpc) is 2.60. The zero-order valence-corrected chi connectivity index (χ0v) is 9.42. The van der Waals surface area contributed by atoms with Crippen molar-refractivity contribution in [3.8, 4) is 0 Å². The molecule has 1 aromatic rings. The number of benzene rings is 1. The standard InChI is InChI=1S/C13H18O2/c1-10-4-3-5-11(2)12(10)8-13(14)6-7-15-9-13/h3-5,14H,6-9H2,1-2H3. The molecule has 2 heteroatoms. The van der Waals surface area contributed by atoms with Gasteiger partial charge in [-0.15, -0.1) is 0 Å². The van der Waals surface area contributed by atoms with E-state index in [2.05, 4.69) is 32.0 Å². The van der Waals surface area contributed by atoms with Gasteiger partial charge >= 0.3 is 0 Å². The van der Waals surface area contributed by atoms with Crippen molar-refractivity contribution < 1.29 is 9.84 Å². The highest BCUT2D eigenvalue weighted by atomic mass is 16.5. The van der Waals surface area contributed by atoms with Crippen LogP contribution in [-0.4, -0.2) is 23.9 Å².